The number of benzene rings is 2. The zero-order valence-electron chi connectivity index (χ0n) is 16.3. The van der Waals surface area contributed by atoms with Gasteiger partial charge in [-0.25, -0.2) is 19.8 Å². The Morgan fingerprint density at radius 1 is 1.10 bits per heavy atom. The second-order valence-corrected chi connectivity index (χ2v) is 6.81. The van der Waals surface area contributed by atoms with Gasteiger partial charge in [-0.15, -0.1) is 0 Å². The van der Waals surface area contributed by atoms with Crippen LogP contribution in [0.15, 0.2) is 54.6 Å². The van der Waals surface area contributed by atoms with Crippen LogP contribution >= 0.6 is 0 Å². The van der Waals surface area contributed by atoms with Crippen LogP contribution in [-0.4, -0.2) is 34.4 Å². The molecule has 0 bridgehead atoms. The van der Waals surface area contributed by atoms with Crippen LogP contribution in [0.2, 0.25) is 0 Å². The summed E-state index contributed by atoms with van der Waals surface area (Å²) in [5.41, 5.74) is 11.8. The largest absolute Gasteiger partial charge is 0.457 e. The molecule has 1 atom stereocenters. The first-order valence-corrected chi connectivity index (χ1v) is 9.50. The average Bonchev–Trinajstić information content (AvgIpc) is 3.19. The highest BCUT2D eigenvalue weighted by molar-refractivity contribution is 5.92. The minimum atomic E-state index is -0.707. The van der Waals surface area contributed by atoms with Crippen LogP contribution in [0.5, 0.6) is 11.5 Å². The van der Waals surface area contributed by atoms with Crippen molar-refractivity contribution >= 4 is 17.6 Å². The van der Waals surface area contributed by atoms with Crippen molar-refractivity contribution in [3.63, 3.8) is 0 Å². The molecule has 4 rings (SSSR count). The third-order valence-electron chi connectivity index (χ3n) is 4.56. The lowest BCUT2D eigenvalue weighted by molar-refractivity contribution is -0.120. The number of rotatable bonds is 7. The maximum atomic E-state index is 13.0. The molecule has 1 aliphatic heterocycles. The monoisotopic (exact) mass is 422 g/mol. The Kier molecular flexibility index (Phi) is 5.72. The van der Waals surface area contributed by atoms with Gasteiger partial charge < -0.3 is 21.2 Å². The highest BCUT2D eigenvalue weighted by Gasteiger charge is 2.23. The second-order valence-electron chi connectivity index (χ2n) is 6.81. The van der Waals surface area contributed by atoms with Crippen LogP contribution in [0.3, 0.4) is 0 Å². The molecule has 0 radical (unpaired) electrons. The lowest BCUT2D eigenvalue weighted by Crippen LogP contribution is -2.40. The number of primary amides is 1. The minimum absolute atomic E-state index is 0.0248. The van der Waals surface area contributed by atoms with E-state index in [2.05, 4.69) is 26.1 Å². The summed E-state index contributed by atoms with van der Waals surface area (Å²) in [5.74, 6) is 0.426. The number of amides is 2. The van der Waals surface area contributed by atoms with E-state index in [9.17, 15) is 14.0 Å². The first-order valence-electron chi connectivity index (χ1n) is 9.50. The molecule has 10 heteroatoms. The Labute approximate surface area is 176 Å². The van der Waals surface area contributed by atoms with Crippen molar-refractivity contribution in [3.8, 4) is 22.9 Å². The summed E-state index contributed by atoms with van der Waals surface area (Å²) >= 11 is 0. The van der Waals surface area contributed by atoms with Gasteiger partial charge in [0.25, 0.3) is 5.91 Å². The zero-order valence-corrected chi connectivity index (χ0v) is 16.3. The van der Waals surface area contributed by atoms with Crippen molar-refractivity contribution in [1.82, 2.24) is 20.7 Å². The third kappa shape index (κ3) is 4.93. The summed E-state index contributed by atoms with van der Waals surface area (Å²) in [6.45, 7) is 0.589. The highest BCUT2D eigenvalue weighted by atomic mass is 19.1. The molecule has 0 saturated carbocycles. The molecule has 0 spiro atoms. The van der Waals surface area contributed by atoms with Crippen molar-refractivity contribution in [2.45, 2.75) is 12.5 Å². The van der Waals surface area contributed by atoms with Gasteiger partial charge in [-0.2, -0.15) is 0 Å². The van der Waals surface area contributed by atoms with Gasteiger partial charge in [0.1, 0.15) is 34.9 Å². The Balaban J connectivity index is 1.53. The van der Waals surface area contributed by atoms with Crippen molar-refractivity contribution < 1.29 is 18.7 Å². The molecule has 2 heterocycles. The number of hydrazine groups is 1. The standard InChI is InChI=1S/C21H19FN6O3/c22-13-3-7-15(8-4-13)31-14-5-1-12(2-6-14)20-25-17(19(23)29)11-18(26-20)28-27-16-9-10-24-21(16)30/h1-8,11,16,27H,9-10H2,(H2,23,29)(H,24,30)(H,25,26,28)/t16-/m0/s1. The van der Waals surface area contributed by atoms with E-state index in [0.717, 1.165) is 0 Å². The van der Waals surface area contributed by atoms with Crippen molar-refractivity contribution in [3.05, 3.63) is 66.1 Å². The van der Waals surface area contributed by atoms with E-state index in [1.54, 1.807) is 24.3 Å². The molecular formula is C21H19FN6O3. The lowest BCUT2D eigenvalue weighted by Gasteiger charge is -2.13. The summed E-state index contributed by atoms with van der Waals surface area (Å²) in [6.07, 6.45) is 0.627. The first-order chi connectivity index (χ1) is 15.0. The van der Waals surface area contributed by atoms with Gasteiger partial charge in [-0.1, -0.05) is 0 Å². The van der Waals surface area contributed by atoms with E-state index in [-0.39, 0.29) is 23.2 Å². The second kappa shape index (κ2) is 8.76. The topological polar surface area (TPSA) is 131 Å². The van der Waals surface area contributed by atoms with Crippen LogP contribution in [0, 0.1) is 5.82 Å². The summed E-state index contributed by atoms with van der Waals surface area (Å²) in [7, 11) is 0. The van der Waals surface area contributed by atoms with Gasteiger partial charge >= 0.3 is 0 Å². The van der Waals surface area contributed by atoms with E-state index in [0.29, 0.717) is 35.8 Å². The number of halogens is 1. The van der Waals surface area contributed by atoms with Crippen molar-refractivity contribution in [1.29, 1.82) is 0 Å². The van der Waals surface area contributed by atoms with Crippen LogP contribution < -0.4 is 26.6 Å². The van der Waals surface area contributed by atoms with E-state index in [1.165, 1.54) is 30.3 Å². The molecule has 3 aromatic rings. The first kappa shape index (κ1) is 20.2. The van der Waals surface area contributed by atoms with Crippen LogP contribution in [0.4, 0.5) is 10.2 Å². The molecule has 2 amide bonds. The van der Waals surface area contributed by atoms with Crippen LogP contribution in [0.25, 0.3) is 11.4 Å². The maximum Gasteiger partial charge on any atom is 0.267 e. The van der Waals surface area contributed by atoms with Gasteiger partial charge in [0.05, 0.1) is 0 Å². The molecule has 1 aliphatic rings. The zero-order chi connectivity index (χ0) is 21.8. The molecule has 1 fully saturated rings. The summed E-state index contributed by atoms with van der Waals surface area (Å²) in [4.78, 5) is 32.0. The smallest absolute Gasteiger partial charge is 0.267 e. The number of hydrogen-bond donors (Lipinski definition) is 4. The molecule has 1 saturated heterocycles. The number of nitrogens with zero attached hydrogens (tertiary/aromatic N) is 2. The van der Waals surface area contributed by atoms with E-state index in [1.807, 2.05) is 0 Å². The number of ether oxygens (including phenoxy) is 1. The number of aromatic nitrogens is 2. The van der Waals surface area contributed by atoms with Crippen LogP contribution in [0.1, 0.15) is 16.9 Å². The quantitative estimate of drug-likeness (QED) is 0.428. The molecule has 31 heavy (non-hydrogen) atoms. The minimum Gasteiger partial charge on any atom is -0.457 e. The molecule has 5 N–H and O–H groups in total. The van der Waals surface area contributed by atoms with Crippen molar-refractivity contribution in [2.75, 3.05) is 12.0 Å². The Hall–Kier alpha value is -4.05. The Morgan fingerprint density at radius 2 is 1.77 bits per heavy atom. The van der Waals surface area contributed by atoms with Gasteiger partial charge in [0.15, 0.2) is 5.82 Å². The number of hydrogen-bond acceptors (Lipinski definition) is 7. The SMILES string of the molecule is NC(=O)c1cc(NN[C@H]2CCNC2=O)nc(-c2ccc(Oc3ccc(F)cc3)cc2)n1. The molecule has 158 valence electrons. The van der Waals surface area contributed by atoms with E-state index < -0.39 is 11.9 Å². The molecular weight excluding hydrogens is 403 g/mol. The number of carbonyl (C=O) groups excluding carboxylic acids is 2. The predicted molar refractivity (Wildman–Crippen MR) is 111 cm³/mol. The van der Waals surface area contributed by atoms with Crippen LogP contribution in [-0.2, 0) is 4.79 Å². The predicted octanol–water partition coefficient (Wildman–Crippen LogP) is 1.98. The fourth-order valence-electron chi connectivity index (χ4n) is 2.97. The van der Waals surface area contributed by atoms with Gasteiger partial charge in [0, 0.05) is 18.2 Å². The van der Waals surface area contributed by atoms with E-state index in [4.69, 9.17) is 10.5 Å². The lowest BCUT2D eigenvalue weighted by atomic mass is 10.2. The number of anilines is 1. The molecule has 9 nitrogen and oxygen atoms in total. The van der Waals surface area contributed by atoms with Gasteiger partial charge in [0.2, 0.25) is 5.91 Å². The van der Waals surface area contributed by atoms with Gasteiger partial charge in [-0.3, -0.25) is 9.59 Å². The Bertz CT molecular complexity index is 1110. The normalized spacial score (nSPS) is 15.4. The Morgan fingerprint density at radius 3 is 2.39 bits per heavy atom. The fourth-order valence-corrected chi connectivity index (χ4v) is 2.97. The number of nitrogens with one attached hydrogen (secondary N) is 3. The summed E-state index contributed by atoms with van der Waals surface area (Å²) in [5, 5.41) is 2.72. The number of nitrogens with two attached hydrogens (primary N) is 1. The summed E-state index contributed by atoms with van der Waals surface area (Å²) in [6, 6.07) is 13.5. The van der Waals surface area contributed by atoms with E-state index >= 15 is 0 Å². The van der Waals surface area contributed by atoms with Crippen molar-refractivity contribution in [2.24, 2.45) is 5.73 Å². The fraction of sp³-hybridized carbons (Fsp3) is 0.143. The average molecular weight is 422 g/mol. The molecule has 2 aromatic carbocycles. The third-order valence-corrected chi connectivity index (χ3v) is 4.56. The maximum absolute atomic E-state index is 13.0. The molecule has 0 unspecified atom stereocenters. The molecule has 1 aromatic heterocycles. The molecule has 0 aliphatic carbocycles. The number of carbonyl (C=O) groups is 2. The highest BCUT2D eigenvalue weighted by Crippen LogP contribution is 2.25. The summed E-state index contributed by atoms with van der Waals surface area (Å²) < 4.78 is 18.7. The van der Waals surface area contributed by atoms with Gasteiger partial charge in [-0.05, 0) is 55.0 Å².